The summed E-state index contributed by atoms with van der Waals surface area (Å²) in [4.78, 5) is 0. The van der Waals surface area contributed by atoms with Gasteiger partial charge in [-0.2, -0.15) is 0 Å². The highest BCUT2D eigenvalue weighted by Gasteiger charge is 2.26. The molecule has 0 bridgehead atoms. The Balaban J connectivity index is 0.00000417. The van der Waals surface area contributed by atoms with Crippen molar-refractivity contribution < 1.29 is 47.1 Å². The summed E-state index contributed by atoms with van der Waals surface area (Å²) in [5.74, 6) is 0.0941. The van der Waals surface area contributed by atoms with E-state index in [4.69, 9.17) is 0 Å². The molecule has 0 spiro atoms. The summed E-state index contributed by atoms with van der Waals surface area (Å²) in [5, 5.41) is 71.4. The zero-order valence-electron chi connectivity index (χ0n) is 28.6. The molecule has 3 aromatic rings. The zero-order valence-corrected chi connectivity index (χ0v) is 31.0. The fraction of sp³-hybridized carbons (Fsp3) is 0.500. The number of rotatable bonds is 11. The number of hydrogen-bond acceptors (Lipinski definition) is 9. The van der Waals surface area contributed by atoms with Crippen molar-refractivity contribution in [3.8, 4) is 34.5 Å². The Morgan fingerprint density at radius 3 is 1.12 bits per heavy atom. The smallest absolute Gasteiger partial charge is 0.157 e. The van der Waals surface area contributed by atoms with Crippen molar-refractivity contribution in [2.45, 2.75) is 88.8 Å². The third-order valence-electron chi connectivity index (χ3n) is 10.3. The molecule has 12 nitrogen and oxygen atoms in total. The lowest BCUT2D eigenvalue weighted by atomic mass is 9.83. The zero-order chi connectivity index (χ0) is 31.5. The maximum atomic E-state index is 10.2. The molecule has 3 aliphatic rings. The van der Waals surface area contributed by atoms with Crippen LogP contribution >= 0.6 is 37.2 Å². The minimum atomic E-state index is -0.0724. The fourth-order valence-corrected chi connectivity index (χ4v) is 7.80. The number of phenolic OH excluding ortho intramolecular Hbond substituents is 6. The van der Waals surface area contributed by atoms with E-state index >= 15 is 0 Å². The van der Waals surface area contributed by atoms with Crippen LogP contribution in [-0.4, -0.2) is 66.7 Å². The lowest BCUT2D eigenvalue weighted by molar-refractivity contribution is 0.321. The van der Waals surface area contributed by atoms with Gasteiger partial charge in [0, 0.05) is 18.1 Å². The molecule has 15 N–H and O–H groups in total. The van der Waals surface area contributed by atoms with Crippen LogP contribution in [0.1, 0.15) is 103 Å². The molecule has 6 rings (SSSR count). The van der Waals surface area contributed by atoms with E-state index in [1.807, 2.05) is 0 Å². The lowest BCUT2D eigenvalue weighted by Crippen LogP contribution is -2.31. The molecule has 3 aromatic carbocycles. The Morgan fingerprint density at radius 1 is 0.451 bits per heavy atom. The van der Waals surface area contributed by atoms with E-state index in [2.05, 4.69) is 16.0 Å². The number of hydrogen-bond donors (Lipinski definition) is 9. The van der Waals surface area contributed by atoms with Crippen molar-refractivity contribution in [2.75, 3.05) is 19.6 Å². The fourth-order valence-electron chi connectivity index (χ4n) is 7.80. The second-order valence-corrected chi connectivity index (χ2v) is 13.2. The van der Waals surface area contributed by atoms with Gasteiger partial charge in [-0.15, -0.1) is 37.2 Å². The predicted octanol–water partition coefficient (Wildman–Crippen LogP) is 4.41. The molecule has 0 radical (unpaired) electrons. The number of aromatic hydroxyl groups is 6. The molecule has 3 heterocycles. The van der Waals surface area contributed by atoms with Crippen molar-refractivity contribution >= 4 is 37.2 Å². The number of unbranched alkanes of at least 4 members (excludes halogenated alkanes) is 1. The van der Waals surface area contributed by atoms with E-state index in [1.54, 1.807) is 36.4 Å². The van der Waals surface area contributed by atoms with E-state index in [-0.39, 0.29) is 106 Å². The van der Waals surface area contributed by atoms with E-state index in [0.29, 0.717) is 5.92 Å². The Hall–Kier alpha value is -2.91. The predicted molar refractivity (Wildman–Crippen MR) is 206 cm³/mol. The van der Waals surface area contributed by atoms with Crippen LogP contribution in [0.25, 0.3) is 0 Å². The van der Waals surface area contributed by atoms with Crippen molar-refractivity contribution in [3.63, 3.8) is 0 Å². The molecule has 0 amide bonds. The number of benzene rings is 3. The molecule has 0 fully saturated rings. The van der Waals surface area contributed by atoms with Gasteiger partial charge >= 0.3 is 0 Å². The van der Waals surface area contributed by atoms with Crippen LogP contribution in [-0.2, 0) is 19.3 Å². The molecule has 0 saturated heterocycles. The first kappa shape index (κ1) is 48.1. The number of halogens is 3. The molecular formula is C36H56Cl3N3O9. The van der Waals surface area contributed by atoms with E-state index < -0.39 is 0 Å². The summed E-state index contributed by atoms with van der Waals surface area (Å²) >= 11 is 0. The highest BCUT2D eigenvalue weighted by Crippen LogP contribution is 2.40. The molecular weight excluding hydrogens is 725 g/mol. The van der Waals surface area contributed by atoms with Crippen LogP contribution in [0.2, 0.25) is 0 Å². The van der Waals surface area contributed by atoms with Gasteiger partial charge in [-0.3, -0.25) is 0 Å². The second kappa shape index (κ2) is 21.6. The third-order valence-corrected chi connectivity index (χ3v) is 10.3. The molecule has 3 unspecified atom stereocenters. The molecule has 0 saturated carbocycles. The Kier molecular flexibility index (Phi) is 20.3. The first-order valence-electron chi connectivity index (χ1n) is 16.6. The first-order chi connectivity index (χ1) is 21.8. The van der Waals surface area contributed by atoms with E-state index in [9.17, 15) is 30.6 Å². The molecule has 290 valence electrons. The topological polar surface area (TPSA) is 252 Å². The SMILES string of the molecule is Cl.Cl.Cl.O.O.O.Oc1cc2c(cc1O)C(CCCCC(CCC1NCCc3cc(O)c(O)cc31)CCC1NCCc3cc(O)c(O)cc31)NCC2. The van der Waals surface area contributed by atoms with Gasteiger partial charge in [0.05, 0.1) is 0 Å². The number of nitrogens with one attached hydrogen (secondary N) is 3. The Bertz CT molecular complexity index is 1460. The highest BCUT2D eigenvalue weighted by atomic mass is 35.5. The van der Waals surface area contributed by atoms with Crippen LogP contribution in [0.5, 0.6) is 34.5 Å². The van der Waals surface area contributed by atoms with E-state index in [1.165, 1.54) is 0 Å². The van der Waals surface area contributed by atoms with Gasteiger partial charge in [0.25, 0.3) is 0 Å². The normalized spacial score (nSPS) is 18.9. The van der Waals surface area contributed by atoms with Gasteiger partial charge in [-0.25, -0.2) is 0 Å². The van der Waals surface area contributed by atoms with Crippen molar-refractivity contribution in [1.82, 2.24) is 16.0 Å². The van der Waals surface area contributed by atoms with Gasteiger partial charge in [0.15, 0.2) is 34.5 Å². The minimum absolute atomic E-state index is 0. The molecule has 15 heteroatoms. The largest absolute Gasteiger partial charge is 0.504 e. The Labute approximate surface area is 317 Å². The van der Waals surface area contributed by atoms with Crippen LogP contribution < -0.4 is 16.0 Å². The quantitative estimate of drug-likeness (QED) is 0.0986. The van der Waals surface area contributed by atoms with Gasteiger partial charge in [0.1, 0.15) is 0 Å². The highest BCUT2D eigenvalue weighted by molar-refractivity contribution is 5.86. The summed E-state index contributed by atoms with van der Waals surface area (Å²) in [6, 6.07) is 10.7. The maximum Gasteiger partial charge on any atom is 0.157 e. The monoisotopic (exact) mass is 779 g/mol. The average molecular weight is 781 g/mol. The van der Waals surface area contributed by atoms with Crippen LogP contribution in [0.15, 0.2) is 36.4 Å². The van der Waals surface area contributed by atoms with Crippen LogP contribution in [0.3, 0.4) is 0 Å². The third kappa shape index (κ3) is 11.3. The maximum absolute atomic E-state index is 10.2. The second-order valence-electron chi connectivity index (χ2n) is 13.2. The summed E-state index contributed by atoms with van der Waals surface area (Å²) < 4.78 is 0. The lowest BCUT2D eigenvalue weighted by Gasteiger charge is -2.31. The van der Waals surface area contributed by atoms with Crippen molar-refractivity contribution in [2.24, 2.45) is 5.92 Å². The van der Waals surface area contributed by atoms with Crippen LogP contribution in [0.4, 0.5) is 0 Å². The first-order valence-corrected chi connectivity index (χ1v) is 16.6. The minimum Gasteiger partial charge on any atom is -0.504 e. The molecule has 51 heavy (non-hydrogen) atoms. The van der Waals surface area contributed by atoms with Gasteiger partial charge in [-0.1, -0.05) is 19.3 Å². The number of fused-ring (bicyclic) bond motifs is 3. The molecule has 0 aromatic heterocycles. The summed E-state index contributed by atoms with van der Waals surface area (Å²) in [7, 11) is 0. The van der Waals surface area contributed by atoms with Gasteiger partial charge < -0.3 is 63.0 Å². The van der Waals surface area contributed by atoms with Crippen molar-refractivity contribution in [1.29, 1.82) is 0 Å². The molecule has 0 aliphatic carbocycles. The van der Waals surface area contributed by atoms with Gasteiger partial charge in [-0.05, 0) is 147 Å². The van der Waals surface area contributed by atoms with E-state index in [0.717, 1.165) is 124 Å². The Morgan fingerprint density at radius 2 is 0.765 bits per heavy atom. The van der Waals surface area contributed by atoms with Crippen LogP contribution in [0, 0.1) is 5.92 Å². The summed E-state index contributed by atoms with van der Waals surface area (Å²) in [6.07, 6.45) is 10.6. The average Bonchev–Trinajstić information content (AvgIpc) is 3.02. The van der Waals surface area contributed by atoms with Gasteiger partial charge in [0.2, 0.25) is 0 Å². The summed E-state index contributed by atoms with van der Waals surface area (Å²) in [6.45, 7) is 2.54. The standard InChI is InChI=1S/C36H47N3O6.3ClH.3H2O/c40-31-15-22-9-12-37-28(25(22)18-34(31)43)4-2-1-3-21(5-7-29-26-19-35(44)32(41)16-23(26)10-13-38-29)6-8-30-27-20-36(45)33(42)17-24(27)11-14-39-30;;;;;;/h15-21,28-30,37-45H,1-14H2;3*1H;3*1H2. The number of phenols is 6. The summed E-state index contributed by atoms with van der Waals surface area (Å²) in [5.41, 5.74) is 6.52. The molecule has 3 atom stereocenters. The van der Waals surface area contributed by atoms with Crippen molar-refractivity contribution in [3.05, 3.63) is 69.8 Å². The molecule has 3 aliphatic heterocycles.